The Bertz CT molecular complexity index is 1350. The van der Waals surface area contributed by atoms with Crippen LogP contribution in [-0.2, 0) is 14.4 Å². The third-order valence-electron chi connectivity index (χ3n) is 5.96. The van der Waals surface area contributed by atoms with E-state index in [9.17, 15) is 14.4 Å². The molecule has 0 saturated carbocycles. The molecule has 34 heavy (non-hydrogen) atoms. The van der Waals surface area contributed by atoms with Crippen molar-refractivity contribution in [2.45, 2.75) is 34.6 Å². The lowest BCUT2D eigenvalue weighted by Gasteiger charge is -2.16. The predicted molar refractivity (Wildman–Crippen MR) is 136 cm³/mol. The fraction of sp³-hybridized carbons (Fsp3) is 0.179. The predicted octanol–water partition coefficient (Wildman–Crippen LogP) is 5.28. The summed E-state index contributed by atoms with van der Waals surface area (Å²) in [7, 11) is 0. The van der Waals surface area contributed by atoms with Gasteiger partial charge >= 0.3 is 0 Å². The molecule has 172 valence electrons. The molecule has 0 saturated heterocycles. The number of hydrogen-bond donors (Lipinski definition) is 2. The van der Waals surface area contributed by atoms with Crippen molar-refractivity contribution in [1.82, 2.24) is 0 Å². The molecule has 0 spiro atoms. The first-order valence-electron chi connectivity index (χ1n) is 11.1. The Hall–Kier alpha value is -4.19. The van der Waals surface area contributed by atoms with Gasteiger partial charge in [-0.25, -0.2) is 4.90 Å². The van der Waals surface area contributed by atoms with E-state index in [1.54, 1.807) is 24.3 Å². The molecule has 0 bridgehead atoms. The van der Waals surface area contributed by atoms with Crippen molar-refractivity contribution in [2.24, 2.45) is 0 Å². The summed E-state index contributed by atoms with van der Waals surface area (Å²) in [6.45, 7) is 9.38. The Morgan fingerprint density at radius 2 is 1.41 bits per heavy atom. The summed E-state index contributed by atoms with van der Waals surface area (Å²) < 4.78 is 0. The number of amides is 3. The van der Waals surface area contributed by atoms with E-state index in [-0.39, 0.29) is 11.6 Å². The highest BCUT2D eigenvalue weighted by Crippen LogP contribution is 2.35. The largest absolute Gasteiger partial charge is 0.350 e. The van der Waals surface area contributed by atoms with Crippen LogP contribution in [0.25, 0.3) is 5.57 Å². The number of aryl methyl sites for hydroxylation is 4. The van der Waals surface area contributed by atoms with Crippen molar-refractivity contribution < 1.29 is 14.4 Å². The maximum Gasteiger partial charge on any atom is 0.282 e. The van der Waals surface area contributed by atoms with E-state index in [0.717, 1.165) is 27.9 Å². The van der Waals surface area contributed by atoms with Gasteiger partial charge in [-0.3, -0.25) is 14.4 Å². The molecule has 0 aliphatic carbocycles. The monoisotopic (exact) mass is 453 g/mol. The molecule has 1 aliphatic rings. The van der Waals surface area contributed by atoms with Crippen LogP contribution in [0.4, 0.5) is 17.1 Å². The van der Waals surface area contributed by atoms with E-state index in [4.69, 9.17) is 0 Å². The summed E-state index contributed by atoms with van der Waals surface area (Å²) in [5.74, 6) is -1.01. The van der Waals surface area contributed by atoms with Crippen molar-refractivity contribution in [3.63, 3.8) is 0 Å². The highest BCUT2D eigenvalue weighted by molar-refractivity contribution is 6.46. The number of nitrogens with one attached hydrogen (secondary N) is 2. The summed E-state index contributed by atoms with van der Waals surface area (Å²) in [4.78, 5) is 39.8. The molecule has 6 heteroatoms. The molecule has 3 aromatic carbocycles. The van der Waals surface area contributed by atoms with Crippen molar-refractivity contribution in [2.75, 3.05) is 15.5 Å². The molecule has 3 aromatic rings. The molecular formula is C28H27N3O3. The van der Waals surface area contributed by atoms with Crippen LogP contribution in [-0.4, -0.2) is 17.7 Å². The second-order valence-corrected chi connectivity index (χ2v) is 8.67. The SMILES string of the molecule is CC(=O)Nc1ccc(N2C(=O)C(Nc3ccc(C)c(C)c3)=C(c3ccc(C)cc3C)C2=O)cc1. The fourth-order valence-electron chi connectivity index (χ4n) is 4.08. The Morgan fingerprint density at radius 1 is 0.735 bits per heavy atom. The van der Waals surface area contributed by atoms with Crippen LogP contribution < -0.4 is 15.5 Å². The van der Waals surface area contributed by atoms with Gasteiger partial charge < -0.3 is 10.6 Å². The highest BCUT2D eigenvalue weighted by Gasteiger charge is 2.40. The summed E-state index contributed by atoms with van der Waals surface area (Å²) in [6.07, 6.45) is 0. The van der Waals surface area contributed by atoms with Gasteiger partial charge in [0.25, 0.3) is 11.8 Å². The summed E-state index contributed by atoms with van der Waals surface area (Å²) in [5, 5.41) is 5.92. The minimum Gasteiger partial charge on any atom is -0.350 e. The van der Waals surface area contributed by atoms with Crippen LogP contribution in [0.2, 0.25) is 0 Å². The fourth-order valence-corrected chi connectivity index (χ4v) is 4.08. The van der Waals surface area contributed by atoms with Gasteiger partial charge in [0.1, 0.15) is 5.70 Å². The van der Waals surface area contributed by atoms with Crippen molar-refractivity contribution in [3.05, 3.63) is 94.2 Å². The number of carbonyl (C=O) groups is 3. The number of benzene rings is 3. The lowest BCUT2D eigenvalue weighted by molar-refractivity contribution is -0.120. The lowest BCUT2D eigenvalue weighted by atomic mass is 9.97. The smallest absolute Gasteiger partial charge is 0.282 e. The molecule has 0 atom stereocenters. The van der Waals surface area contributed by atoms with E-state index in [1.807, 2.05) is 64.1 Å². The minimum atomic E-state index is -0.425. The van der Waals surface area contributed by atoms with Crippen molar-refractivity contribution in [3.8, 4) is 0 Å². The van der Waals surface area contributed by atoms with Gasteiger partial charge in [0.05, 0.1) is 11.3 Å². The molecule has 6 nitrogen and oxygen atoms in total. The van der Waals surface area contributed by atoms with Crippen LogP contribution >= 0.6 is 0 Å². The van der Waals surface area contributed by atoms with Crippen molar-refractivity contribution >= 4 is 40.4 Å². The number of anilines is 3. The zero-order valence-electron chi connectivity index (χ0n) is 19.9. The van der Waals surface area contributed by atoms with E-state index < -0.39 is 11.8 Å². The topological polar surface area (TPSA) is 78.5 Å². The quantitative estimate of drug-likeness (QED) is 0.516. The molecule has 2 N–H and O–H groups in total. The number of imide groups is 1. The zero-order chi connectivity index (χ0) is 24.6. The molecular weight excluding hydrogens is 426 g/mol. The first kappa shape index (κ1) is 23.0. The summed E-state index contributed by atoms with van der Waals surface area (Å²) in [5.41, 5.74) is 7.28. The number of nitrogens with zero attached hydrogens (tertiary/aromatic N) is 1. The molecule has 0 aromatic heterocycles. The average Bonchev–Trinajstić information content (AvgIpc) is 3.01. The third-order valence-corrected chi connectivity index (χ3v) is 5.96. The van der Waals surface area contributed by atoms with Gasteiger partial charge in [-0.1, -0.05) is 29.8 Å². The number of rotatable bonds is 5. The Kier molecular flexibility index (Phi) is 6.07. The molecule has 4 rings (SSSR count). The van der Waals surface area contributed by atoms with Crippen LogP contribution in [0.15, 0.2) is 66.4 Å². The zero-order valence-corrected chi connectivity index (χ0v) is 19.9. The van der Waals surface area contributed by atoms with E-state index in [2.05, 4.69) is 10.6 Å². The molecule has 0 fully saturated rings. The van der Waals surface area contributed by atoms with Gasteiger partial charge in [-0.2, -0.15) is 0 Å². The maximum absolute atomic E-state index is 13.7. The van der Waals surface area contributed by atoms with Crippen molar-refractivity contribution in [1.29, 1.82) is 0 Å². The van der Waals surface area contributed by atoms with Crippen LogP contribution in [0.1, 0.15) is 34.7 Å². The second-order valence-electron chi connectivity index (χ2n) is 8.67. The van der Waals surface area contributed by atoms with Gasteiger partial charge in [0.2, 0.25) is 5.91 Å². The first-order valence-corrected chi connectivity index (χ1v) is 11.1. The Morgan fingerprint density at radius 3 is 2.03 bits per heavy atom. The van der Waals surface area contributed by atoms with E-state index in [1.165, 1.54) is 11.8 Å². The average molecular weight is 454 g/mol. The standard InChI is InChI=1S/C28H27N3O3/c1-16-6-13-24(19(4)14-16)25-26(30-22-8-7-17(2)18(3)15-22)28(34)31(27(25)33)23-11-9-21(10-12-23)29-20(5)32/h6-15,30H,1-5H3,(H,29,32). The Labute approximate surface area is 199 Å². The lowest BCUT2D eigenvalue weighted by Crippen LogP contribution is -2.32. The van der Waals surface area contributed by atoms with Gasteiger partial charge in [-0.05, 0) is 86.3 Å². The minimum absolute atomic E-state index is 0.195. The maximum atomic E-state index is 13.7. The molecule has 1 heterocycles. The second kappa shape index (κ2) is 8.98. The van der Waals surface area contributed by atoms with Crippen LogP contribution in [0.3, 0.4) is 0 Å². The normalized spacial score (nSPS) is 13.5. The van der Waals surface area contributed by atoms with Gasteiger partial charge in [0, 0.05) is 18.3 Å². The first-order chi connectivity index (χ1) is 16.2. The summed E-state index contributed by atoms with van der Waals surface area (Å²) >= 11 is 0. The molecule has 1 aliphatic heterocycles. The molecule has 3 amide bonds. The van der Waals surface area contributed by atoms with Gasteiger partial charge in [0.15, 0.2) is 0 Å². The van der Waals surface area contributed by atoms with E-state index in [0.29, 0.717) is 22.5 Å². The van der Waals surface area contributed by atoms with Crippen LogP contribution in [0, 0.1) is 27.7 Å². The number of carbonyl (C=O) groups excluding carboxylic acids is 3. The van der Waals surface area contributed by atoms with Crippen LogP contribution in [0.5, 0.6) is 0 Å². The van der Waals surface area contributed by atoms with Gasteiger partial charge in [-0.15, -0.1) is 0 Å². The third kappa shape index (κ3) is 4.35. The highest BCUT2D eigenvalue weighted by atomic mass is 16.2. The van der Waals surface area contributed by atoms with E-state index >= 15 is 0 Å². The Balaban J connectivity index is 1.79. The molecule has 0 unspecified atom stereocenters. The molecule has 0 radical (unpaired) electrons. The summed E-state index contributed by atoms with van der Waals surface area (Å²) in [6, 6.07) is 18.3. The number of hydrogen-bond acceptors (Lipinski definition) is 4.